The maximum absolute atomic E-state index is 13.6. The van der Waals surface area contributed by atoms with Crippen LogP contribution in [-0.2, 0) is 27.2 Å². The van der Waals surface area contributed by atoms with Gasteiger partial charge in [-0.1, -0.05) is 60.7 Å². The molecule has 1 heterocycles. The third-order valence-electron chi connectivity index (χ3n) is 6.19. The van der Waals surface area contributed by atoms with Crippen LogP contribution in [0.15, 0.2) is 72.1 Å². The summed E-state index contributed by atoms with van der Waals surface area (Å²) in [6, 6.07) is 20.9. The van der Waals surface area contributed by atoms with Crippen molar-refractivity contribution in [3.05, 3.63) is 83.2 Å². The number of hydrogen-bond acceptors (Lipinski definition) is 5. The number of amides is 3. The number of nitrogens with one attached hydrogen (secondary N) is 3. The Morgan fingerprint density at radius 3 is 2.24 bits per heavy atom. The first-order valence-corrected chi connectivity index (χ1v) is 13.1. The van der Waals surface area contributed by atoms with Crippen LogP contribution >= 0.6 is 11.3 Å². The first kappa shape index (κ1) is 26.3. The predicted octanol–water partition coefficient (Wildman–Crippen LogP) is 3.64. The highest BCUT2D eigenvalue weighted by molar-refractivity contribution is 7.17. The summed E-state index contributed by atoms with van der Waals surface area (Å²) in [4.78, 5) is 38.4. The number of hydrogen-bond donors (Lipinski definition) is 4. The van der Waals surface area contributed by atoms with E-state index in [1.54, 1.807) is 25.2 Å². The van der Waals surface area contributed by atoms with Gasteiger partial charge in [-0.05, 0) is 52.6 Å². The van der Waals surface area contributed by atoms with Crippen LogP contribution in [0.3, 0.4) is 0 Å². The van der Waals surface area contributed by atoms with E-state index in [2.05, 4.69) is 16.0 Å². The number of nitrogens with two attached hydrogens (primary N) is 1. The highest BCUT2D eigenvalue weighted by Crippen LogP contribution is 2.26. The summed E-state index contributed by atoms with van der Waals surface area (Å²) in [6.07, 6.45) is 0.0244. The van der Waals surface area contributed by atoms with Crippen molar-refractivity contribution in [2.45, 2.75) is 51.4 Å². The maximum Gasteiger partial charge on any atom is 0.244 e. The van der Waals surface area contributed by atoms with Gasteiger partial charge in [0, 0.05) is 24.5 Å². The highest BCUT2D eigenvalue weighted by atomic mass is 32.1. The van der Waals surface area contributed by atoms with Gasteiger partial charge < -0.3 is 21.7 Å². The van der Waals surface area contributed by atoms with Gasteiger partial charge in [-0.15, -0.1) is 11.3 Å². The lowest BCUT2D eigenvalue weighted by Gasteiger charge is -2.27. The van der Waals surface area contributed by atoms with Gasteiger partial charge in [-0.2, -0.15) is 0 Å². The molecule has 0 aliphatic heterocycles. The SMILES string of the molecule is CC(=O)N[C@@H](Cc1csc2ccccc12)NC(=O)[C@@H](Cc1cccc2ccccc12)NC(=O)C(C)(C)N. The standard InChI is InChI=1S/C29H32N4O3S/c1-18(34)31-26(16-21-17-37-25-14-7-6-13-23(21)25)33-27(35)24(32-28(36)29(2,3)30)15-20-11-8-10-19-9-4-5-12-22(19)20/h4-14,17,24,26H,15-16,30H2,1-3H3,(H,31,34)(H,32,36)(H,33,35)/t24-,26-/m1/s1. The third kappa shape index (κ3) is 6.53. The Labute approximate surface area is 220 Å². The zero-order valence-electron chi connectivity index (χ0n) is 21.2. The minimum atomic E-state index is -1.16. The molecule has 8 heteroatoms. The first-order chi connectivity index (χ1) is 17.6. The topological polar surface area (TPSA) is 113 Å². The highest BCUT2D eigenvalue weighted by Gasteiger charge is 2.30. The smallest absolute Gasteiger partial charge is 0.244 e. The molecule has 4 aromatic rings. The molecular weight excluding hydrogens is 484 g/mol. The minimum Gasteiger partial charge on any atom is -0.342 e. The molecular formula is C29H32N4O3S. The summed E-state index contributed by atoms with van der Waals surface area (Å²) in [6.45, 7) is 4.60. The molecule has 192 valence electrons. The molecule has 3 amide bonds. The molecule has 0 unspecified atom stereocenters. The molecule has 1 aromatic heterocycles. The summed E-state index contributed by atoms with van der Waals surface area (Å²) in [5, 5.41) is 13.8. The van der Waals surface area contributed by atoms with Crippen molar-refractivity contribution in [3.8, 4) is 0 Å². The molecule has 0 bridgehead atoms. The van der Waals surface area contributed by atoms with Crippen molar-refractivity contribution in [1.29, 1.82) is 0 Å². The Balaban J connectivity index is 1.60. The van der Waals surface area contributed by atoms with Crippen molar-refractivity contribution in [2.24, 2.45) is 5.73 Å². The lowest BCUT2D eigenvalue weighted by atomic mass is 9.97. The molecule has 4 rings (SSSR count). The molecule has 2 atom stereocenters. The van der Waals surface area contributed by atoms with Crippen molar-refractivity contribution in [1.82, 2.24) is 16.0 Å². The molecule has 7 nitrogen and oxygen atoms in total. The van der Waals surface area contributed by atoms with Crippen LogP contribution in [0, 0.1) is 0 Å². The molecule has 0 aliphatic carbocycles. The zero-order chi connectivity index (χ0) is 26.6. The van der Waals surface area contributed by atoms with Gasteiger partial charge in [0.25, 0.3) is 0 Å². The van der Waals surface area contributed by atoms with Gasteiger partial charge in [-0.3, -0.25) is 14.4 Å². The van der Waals surface area contributed by atoms with Crippen LogP contribution in [-0.4, -0.2) is 35.5 Å². The number of fused-ring (bicyclic) bond motifs is 2. The average molecular weight is 517 g/mol. The second-order valence-corrected chi connectivity index (χ2v) is 10.7. The van der Waals surface area contributed by atoms with Gasteiger partial charge in [0.1, 0.15) is 12.2 Å². The Morgan fingerprint density at radius 1 is 0.838 bits per heavy atom. The fraction of sp³-hybridized carbons (Fsp3) is 0.276. The lowest BCUT2D eigenvalue weighted by Crippen LogP contribution is -2.59. The normalized spacial score (nSPS) is 13.2. The second-order valence-electron chi connectivity index (χ2n) is 9.81. The monoisotopic (exact) mass is 516 g/mol. The average Bonchev–Trinajstić information content (AvgIpc) is 3.25. The van der Waals surface area contributed by atoms with Gasteiger partial charge in [0.2, 0.25) is 17.7 Å². The van der Waals surface area contributed by atoms with Crippen molar-refractivity contribution >= 4 is 49.9 Å². The number of carbonyl (C=O) groups is 3. The van der Waals surface area contributed by atoms with Gasteiger partial charge in [0.05, 0.1) is 5.54 Å². The van der Waals surface area contributed by atoms with Crippen LogP contribution in [0.2, 0.25) is 0 Å². The largest absolute Gasteiger partial charge is 0.342 e. The van der Waals surface area contributed by atoms with E-state index in [4.69, 9.17) is 5.73 Å². The van der Waals surface area contributed by atoms with Crippen LogP contribution in [0.1, 0.15) is 31.9 Å². The summed E-state index contributed by atoms with van der Waals surface area (Å²) >= 11 is 1.62. The Morgan fingerprint density at radius 2 is 1.51 bits per heavy atom. The first-order valence-electron chi connectivity index (χ1n) is 12.2. The lowest BCUT2D eigenvalue weighted by molar-refractivity contribution is -0.132. The summed E-state index contributed by atoms with van der Waals surface area (Å²) in [5.74, 6) is -1.10. The van der Waals surface area contributed by atoms with Crippen LogP contribution in [0.4, 0.5) is 0 Å². The van der Waals surface area contributed by atoms with Gasteiger partial charge >= 0.3 is 0 Å². The number of benzene rings is 3. The molecule has 5 N–H and O–H groups in total. The predicted molar refractivity (Wildman–Crippen MR) is 149 cm³/mol. The Hall–Kier alpha value is -3.75. The van der Waals surface area contributed by atoms with E-state index in [9.17, 15) is 14.4 Å². The molecule has 0 spiro atoms. The molecule has 0 saturated carbocycles. The molecule has 0 fully saturated rings. The minimum absolute atomic E-state index is 0.262. The van der Waals surface area contributed by atoms with E-state index in [1.165, 1.54) is 6.92 Å². The number of thiophene rings is 1. The maximum atomic E-state index is 13.6. The zero-order valence-corrected chi connectivity index (χ0v) is 22.0. The number of rotatable bonds is 9. The summed E-state index contributed by atoms with van der Waals surface area (Å²) in [7, 11) is 0. The van der Waals surface area contributed by atoms with Gasteiger partial charge in [-0.25, -0.2) is 0 Å². The van der Waals surface area contributed by atoms with E-state index < -0.39 is 29.6 Å². The van der Waals surface area contributed by atoms with Crippen molar-refractivity contribution in [2.75, 3.05) is 0 Å². The quantitative estimate of drug-likeness (QED) is 0.254. The number of carbonyl (C=O) groups excluding carboxylic acids is 3. The molecule has 0 radical (unpaired) electrons. The second kappa shape index (κ2) is 11.1. The fourth-order valence-corrected chi connectivity index (χ4v) is 5.29. The van der Waals surface area contributed by atoms with Crippen LogP contribution < -0.4 is 21.7 Å². The van der Waals surface area contributed by atoms with Gasteiger partial charge in [0.15, 0.2) is 0 Å². The molecule has 0 aliphatic rings. The summed E-state index contributed by atoms with van der Waals surface area (Å²) < 4.78 is 1.14. The van der Waals surface area contributed by atoms with Crippen molar-refractivity contribution < 1.29 is 14.4 Å². The van der Waals surface area contributed by atoms with E-state index in [0.29, 0.717) is 6.42 Å². The van der Waals surface area contributed by atoms with E-state index in [0.717, 1.165) is 32.0 Å². The van der Waals surface area contributed by atoms with E-state index in [1.807, 2.05) is 72.1 Å². The molecule has 3 aromatic carbocycles. The third-order valence-corrected chi connectivity index (χ3v) is 7.20. The van der Waals surface area contributed by atoms with E-state index >= 15 is 0 Å². The van der Waals surface area contributed by atoms with Crippen LogP contribution in [0.25, 0.3) is 20.9 Å². The van der Waals surface area contributed by atoms with E-state index in [-0.39, 0.29) is 12.3 Å². The molecule has 0 saturated heterocycles. The fourth-order valence-electron chi connectivity index (χ4n) is 4.31. The molecule has 37 heavy (non-hydrogen) atoms. The Kier molecular flexibility index (Phi) is 7.90. The van der Waals surface area contributed by atoms with Crippen LogP contribution in [0.5, 0.6) is 0 Å². The van der Waals surface area contributed by atoms with Crippen molar-refractivity contribution in [3.63, 3.8) is 0 Å². The summed E-state index contributed by atoms with van der Waals surface area (Å²) in [5.41, 5.74) is 6.81. The Bertz CT molecular complexity index is 1430.